The van der Waals surface area contributed by atoms with Crippen molar-refractivity contribution in [2.24, 2.45) is 5.41 Å². The second kappa shape index (κ2) is 23.8. The maximum absolute atomic E-state index is 10.4. The summed E-state index contributed by atoms with van der Waals surface area (Å²) in [6.07, 6.45) is 20.0. The molecule has 9 aromatic rings. The number of H-pyrrole nitrogens is 3. The molecule has 0 aliphatic carbocycles. The standard InChI is InChI=1S/2C20H25N7O.C19H21N7O/c2*1-20(2,3)24-15-6-7-27(12-15)19-21-11-17(25-26-19)16-5-4-13(8-18(16)28)14-9-22-23-10-14;27-17-7-13(14-8-22-23-9-14)1-2-15(17)16-10-21-18(25-24-16)26-6-4-19(12-26)3-5-20-11-19/h2*4-5,8-11,15,24,28H,6-7,12H2,1-3H3,(H,22,23);1-2,7-10,20,27H,3-6,11-12H2,(H,22,23)/t2*15-;/m10./s1. The maximum atomic E-state index is 10.4. The summed E-state index contributed by atoms with van der Waals surface area (Å²) in [4.78, 5) is 20.0. The van der Waals surface area contributed by atoms with Gasteiger partial charge in [0.1, 0.15) is 34.3 Å². The third-order valence-electron chi connectivity index (χ3n) is 15.2. The number of rotatable bonds is 11. The van der Waals surface area contributed by atoms with E-state index in [1.807, 2.05) is 36.4 Å². The summed E-state index contributed by atoms with van der Waals surface area (Å²) in [6, 6.07) is 17.2. The van der Waals surface area contributed by atoms with Crippen LogP contribution < -0.4 is 30.7 Å². The van der Waals surface area contributed by atoms with Gasteiger partial charge in [-0.1, -0.05) is 18.2 Å². The third-order valence-corrected chi connectivity index (χ3v) is 15.2. The molecular weight excluding hydrogens is 1050 g/mol. The molecule has 4 saturated heterocycles. The SMILES string of the molecule is CC(C)(C)N[C@@H]1CCN(c2ncc(-c3ccc(-c4cn[nH]c4)cc3O)nn2)C1.CC(C)(C)N[C@H]1CCN(c2ncc(-c3ccc(-c4cn[nH]c4)cc3O)nn2)C1.Oc1cc(-c2cn[nH]c2)ccc1-c1cnc(N2CCC3(CCNC3)C2)nn1. The fourth-order valence-electron chi connectivity index (χ4n) is 11.2. The predicted octanol–water partition coefficient (Wildman–Crippen LogP) is 7.03. The zero-order chi connectivity index (χ0) is 57.7. The average Bonchev–Trinajstić information content (AvgIpc) is 4.51. The number of nitrogens with one attached hydrogen (secondary N) is 6. The van der Waals surface area contributed by atoms with E-state index in [1.54, 1.807) is 74.0 Å². The smallest absolute Gasteiger partial charge is 0.245 e. The molecule has 6 aromatic heterocycles. The van der Waals surface area contributed by atoms with Gasteiger partial charge in [0.25, 0.3) is 0 Å². The lowest BCUT2D eigenvalue weighted by Crippen LogP contribution is -2.45. The summed E-state index contributed by atoms with van der Waals surface area (Å²) in [5, 5.41) is 87.9. The Bertz CT molecular complexity index is 3390. The summed E-state index contributed by atoms with van der Waals surface area (Å²) in [7, 11) is 0. The molecule has 4 aliphatic rings. The van der Waals surface area contributed by atoms with Crippen LogP contribution in [0, 0.1) is 5.41 Å². The van der Waals surface area contributed by atoms with Crippen molar-refractivity contribution in [3.8, 4) is 84.4 Å². The summed E-state index contributed by atoms with van der Waals surface area (Å²) in [5.41, 5.74) is 9.39. The predicted molar refractivity (Wildman–Crippen MR) is 317 cm³/mol. The molecule has 1 unspecified atom stereocenters. The molecule has 3 atom stereocenters. The zero-order valence-corrected chi connectivity index (χ0v) is 47.6. The molecule has 10 heterocycles. The van der Waals surface area contributed by atoms with Crippen molar-refractivity contribution in [1.82, 2.24) is 92.1 Å². The number of aromatic amines is 3. The Hall–Kier alpha value is -9.00. The van der Waals surface area contributed by atoms with Crippen LogP contribution >= 0.6 is 0 Å². The third kappa shape index (κ3) is 13.5. The summed E-state index contributed by atoms with van der Waals surface area (Å²) >= 11 is 0. The van der Waals surface area contributed by atoms with Crippen molar-refractivity contribution in [2.45, 2.75) is 90.4 Å². The van der Waals surface area contributed by atoms with E-state index in [4.69, 9.17) is 0 Å². The molecule has 1 spiro atoms. The van der Waals surface area contributed by atoms with Crippen molar-refractivity contribution in [3.63, 3.8) is 0 Å². The quantitative estimate of drug-likeness (QED) is 0.0628. The Morgan fingerprint density at radius 1 is 0.482 bits per heavy atom. The highest BCUT2D eigenvalue weighted by Crippen LogP contribution is 2.39. The van der Waals surface area contributed by atoms with E-state index in [0.717, 1.165) is 98.6 Å². The first-order valence-electron chi connectivity index (χ1n) is 28.1. The minimum Gasteiger partial charge on any atom is -0.507 e. The normalized spacial score (nSPS) is 18.8. The van der Waals surface area contributed by atoms with E-state index in [0.29, 0.717) is 69.1 Å². The largest absolute Gasteiger partial charge is 0.507 e. The number of hydrogen-bond donors (Lipinski definition) is 9. The number of benzene rings is 3. The number of aromatic nitrogens is 15. The van der Waals surface area contributed by atoms with Crippen molar-refractivity contribution >= 4 is 17.8 Å². The van der Waals surface area contributed by atoms with E-state index in [1.165, 1.54) is 12.8 Å². The van der Waals surface area contributed by atoms with Crippen LogP contribution in [0.5, 0.6) is 17.2 Å². The number of aromatic hydroxyl groups is 3. The molecule has 83 heavy (non-hydrogen) atoms. The Morgan fingerprint density at radius 3 is 1.19 bits per heavy atom. The van der Waals surface area contributed by atoms with E-state index < -0.39 is 0 Å². The summed E-state index contributed by atoms with van der Waals surface area (Å²) in [6.45, 7) is 20.7. The molecule has 430 valence electrons. The highest BCUT2D eigenvalue weighted by molar-refractivity contribution is 5.76. The van der Waals surface area contributed by atoms with Gasteiger partial charge in [-0.25, -0.2) is 15.0 Å². The first kappa shape index (κ1) is 55.9. The number of anilines is 3. The van der Waals surface area contributed by atoms with Crippen molar-refractivity contribution in [1.29, 1.82) is 0 Å². The molecule has 4 aliphatic heterocycles. The van der Waals surface area contributed by atoms with E-state index in [-0.39, 0.29) is 28.3 Å². The van der Waals surface area contributed by atoms with Gasteiger partial charge < -0.3 is 46.0 Å². The Labute approximate surface area is 481 Å². The van der Waals surface area contributed by atoms with Crippen LogP contribution in [-0.2, 0) is 0 Å². The van der Waals surface area contributed by atoms with Gasteiger partial charge in [0, 0.05) is 126 Å². The minimum absolute atomic E-state index is 0.0871. The molecule has 0 amide bonds. The van der Waals surface area contributed by atoms with Crippen LogP contribution in [0.25, 0.3) is 67.2 Å². The highest BCUT2D eigenvalue weighted by Gasteiger charge is 2.41. The van der Waals surface area contributed by atoms with E-state index in [2.05, 4.69) is 148 Å². The molecule has 0 saturated carbocycles. The van der Waals surface area contributed by atoms with Crippen LogP contribution in [0.3, 0.4) is 0 Å². The van der Waals surface area contributed by atoms with E-state index in [9.17, 15) is 15.3 Å². The lowest BCUT2D eigenvalue weighted by atomic mass is 9.87. The molecule has 9 N–H and O–H groups in total. The van der Waals surface area contributed by atoms with Gasteiger partial charge >= 0.3 is 0 Å². The number of phenolic OH excluding ortho intramolecular Hbond substituents is 3. The first-order chi connectivity index (χ1) is 40.0. The van der Waals surface area contributed by atoms with Crippen molar-refractivity contribution in [2.75, 3.05) is 67.1 Å². The summed E-state index contributed by atoms with van der Waals surface area (Å²) < 4.78 is 0. The lowest BCUT2D eigenvalue weighted by Gasteiger charge is -2.25. The lowest BCUT2D eigenvalue weighted by molar-refractivity contribution is 0.369. The van der Waals surface area contributed by atoms with Crippen LogP contribution in [0.15, 0.2) is 110 Å². The molecular formula is C59H71N21O3. The van der Waals surface area contributed by atoms with Crippen molar-refractivity contribution < 1.29 is 15.3 Å². The summed E-state index contributed by atoms with van der Waals surface area (Å²) in [5.74, 6) is 2.33. The van der Waals surface area contributed by atoms with Gasteiger partial charge in [-0.05, 0) is 127 Å². The van der Waals surface area contributed by atoms with Gasteiger partial charge in [0.15, 0.2) is 0 Å². The minimum atomic E-state index is 0.0871. The average molecular weight is 1120 g/mol. The molecule has 0 radical (unpaired) electrons. The maximum Gasteiger partial charge on any atom is 0.245 e. The molecule has 3 aromatic carbocycles. The molecule has 24 nitrogen and oxygen atoms in total. The second-order valence-electron chi connectivity index (χ2n) is 23.8. The van der Waals surface area contributed by atoms with Gasteiger partial charge in [-0.15, -0.1) is 30.6 Å². The Balaban J connectivity index is 0.000000130. The Kier molecular flexibility index (Phi) is 16.1. The van der Waals surface area contributed by atoms with Crippen LogP contribution in [0.2, 0.25) is 0 Å². The number of nitrogens with zero attached hydrogens (tertiary/aromatic N) is 15. The van der Waals surface area contributed by atoms with Gasteiger partial charge in [0.05, 0.1) is 37.2 Å². The molecule has 24 heteroatoms. The molecule has 0 bridgehead atoms. The van der Waals surface area contributed by atoms with Crippen molar-refractivity contribution in [3.05, 3.63) is 110 Å². The monoisotopic (exact) mass is 1120 g/mol. The molecule has 13 rings (SSSR count). The highest BCUT2D eigenvalue weighted by atomic mass is 16.3. The topological polar surface area (TPSA) is 309 Å². The molecule has 4 fully saturated rings. The van der Waals surface area contributed by atoms with Crippen LogP contribution in [0.4, 0.5) is 17.8 Å². The van der Waals surface area contributed by atoms with E-state index >= 15 is 0 Å². The number of hydrogen-bond acceptors (Lipinski definition) is 21. The number of phenols is 3. The van der Waals surface area contributed by atoms with Gasteiger partial charge in [-0.3, -0.25) is 15.3 Å². The van der Waals surface area contributed by atoms with Gasteiger partial charge in [-0.2, -0.15) is 15.3 Å². The second-order valence-corrected chi connectivity index (χ2v) is 23.8. The van der Waals surface area contributed by atoms with Gasteiger partial charge in [0.2, 0.25) is 17.8 Å². The Morgan fingerprint density at radius 2 is 0.880 bits per heavy atom. The van der Waals surface area contributed by atoms with Crippen LogP contribution in [0.1, 0.15) is 67.2 Å². The fourth-order valence-corrected chi connectivity index (χ4v) is 11.2. The van der Waals surface area contributed by atoms with Crippen LogP contribution in [-0.4, -0.2) is 167 Å². The first-order valence-corrected chi connectivity index (χ1v) is 28.1. The fraction of sp³-hybridized carbons (Fsp3) is 0.390. The zero-order valence-electron chi connectivity index (χ0n) is 47.6.